The van der Waals surface area contributed by atoms with Gasteiger partial charge in [0.05, 0.1) is 22.4 Å². The number of halogens is 1. The van der Waals surface area contributed by atoms with Crippen LogP contribution >= 0.6 is 22.9 Å². The molecule has 0 saturated heterocycles. The SMILES string of the molecule is CCOCCOC(C)C(=O)c1ccc(Cl)s1. The van der Waals surface area contributed by atoms with Gasteiger partial charge in [0.1, 0.15) is 6.10 Å². The number of rotatable bonds is 7. The highest BCUT2D eigenvalue weighted by Crippen LogP contribution is 2.23. The Balaban J connectivity index is 2.36. The highest BCUT2D eigenvalue weighted by atomic mass is 35.5. The molecule has 0 amide bonds. The summed E-state index contributed by atoms with van der Waals surface area (Å²) < 4.78 is 11.1. The van der Waals surface area contributed by atoms with E-state index in [0.717, 1.165) is 0 Å². The molecule has 0 spiro atoms. The number of hydrogen-bond donors (Lipinski definition) is 0. The molecule has 0 aromatic carbocycles. The first-order chi connectivity index (χ1) is 7.65. The maximum Gasteiger partial charge on any atom is 0.201 e. The van der Waals surface area contributed by atoms with Crippen LogP contribution in [0.15, 0.2) is 12.1 Å². The third-order valence-electron chi connectivity index (χ3n) is 1.98. The van der Waals surface area contributed by atoms with Gasteiger partial charge in [0, 0.05) is 6.61 Å². The zero-order valence-corrected chi connectivity index (χ0v) is 10.9. The molecule has 0 radical (unpaired) electrons. The van der Waals surface area contributed by atoms with Crippen LogP contribution in [-0.4, -0.2) is 31.7 Å². The first-order valence-corrected chi connectivity index (χ1v) is 6.33. The van der Waals surface area contributed by atoms with Gasteiger partial charge in [0.15, 0.2) is 0 Å². The van der Waals surface area contributed by atoms with Gasteiger partial charge in [-0.1, -0.05) is 11.6 Å². The summed E-state index contributed by atoms with van der Waals surface area (Å²) in [5.41, 5.74) is 0. The number of hydrogen-bond acceptors (Lipinski definition) is 4. The topological polar surface area (TPSA) is 35.5 Å². The Bertz CT molecular complexity index is 338. The average Bonchev–Trinajstić information content (AvgIpc) is 2.70. The summed E-state index contributed by atoms with van der Waals surface area (Å²) >= 11 is 7.03. The van der Waals surface area contributed by atoms with Crippen LogP contribution in [0.25, 0.3) is 0 Å². The van der Waals surface area contributed by atoms with Crippen molar-refractivity contribution in [2.75, 3.05) is 19.8 Å². The number of carbonyl (C=O) groups excluding carboxylic acids is 1. The molecule has 1 heterocycles. The maximum atomic E-state index is 11.8. The predicted molar refractivity (Wildman–Crippen MR) is 65.6 cm³/mol. The first kappa shape index (κ1) is 13.6. The fourth-order valence-corrected chi connectivity index (χ4v) is 2.21. The van der Waals surface area contributed by atoms with Crippen LogP contribution in [0, 0.1) is 0 Å². The quantitative estimate of drug-likeness (QED) is 0.560. The third-order valence-corrected chi connectivity index (χ3v) is 3.23. The molecule has 3 nitrogen and oxygen atoms in total. The third kappa shape index (κ3) is 4.22. The van der Waals surface area contributed by atoms with E-state index >= 15 is 0 Å². The van der Waals surface area contributed by atoms with Crippen molar-refractivity contribution in [1.82, 2.24) is 0 Å². The van der Waals surface area contributed by atoms with E-state index in [1.807, 2.05) is 6.92 Å². The minimum Gasteiger partial charge on any atom is -0.379 e. The summed E-state index contributed by atoms with van der Waals surface area (Å²) in [5, 5.41) is 0. The summed E-state index contributed by atoms with van der Waals surface area (Å²) in [5.74, 6) is -0.0339. The van der Waals surface area contributed by atoms with Crippen molar-refractivity contribution >= 4 is 28.7 Å². The second-order valence-corrected chi connectivity index (χ2v) is 4.89. The average molecular weight is 263 g/mol. The van der Waals surface area contributed by atoms with E-state index in [-0.39, 0.29) is 5.78 Å². The predicted octanol–water partition coefficient (Wildman–Crippen LogP) is 3.03. The van der Waals surface area contributed by atoms with Crippen LogP contribution in [0.4, 0.5) is 0 Å². The number of thiophene rings is 1. The lowest BCUT2D eigenvalue weighted by molar-refractivity contribution is 0.0177. The minimum atomic E-state index is -0.449. The Labute approximate surface area is 104 Å². The van der Waals surface area contributed by atoms with Gasteiger partial charge >= 0.3 is 0 Å². The first-order valence-electron chi connectivity index (χ1n) is 5.14. The molecule has 1 atom stereocenters. The molecule has 0 saturated carbocycles. The van der Waals surface area contributed by atoms with Crippen LogP contribution in [0.1, 0.15) is 23.5 Å². The van der Waals surface area contributed by atoms with Gasteiger partial charge < -0.3 is 9.47 Å². The van der Waals surface area contributed by atoms with Gasteiger partial charge in [-0.2, -0.15) is 0 Å². The minimum absolute atomic E-state index is 0.0339. The van der Waals surface area contributed by atoms with Crippen molar-refractivity contribution in [3.05, 3.63) is 21.3 Å². The molecule has 1 unspecified atom stereocenters. The molecule has 0 bridgehead atoms. The van der Waals surface area contributed by atoms with Crippen molar-refractivity contribution in [3.8, 4) is 0 Å². The molecule has 0 aliphatic heterocycles. The van der Waals surface area contributed by atoms with Crippen LogP contribution in [0.5, 0.6) is 0 Å². The highest BCUT2D eigenvalue weighted by Gasteiger charge is 2.17. The van der Waals surface area contributed by atoms with Gasteiger partial charge in [0.2, 0.25) is 5.78 Å². The number of Topliss-reactive ketones (excluding diaryl/α,β-unsaturated/α-hetero) is 1. The number of ketones is 1. The zero-order valence-electron chi connectivity index (χ0n) is 9.36. The van der Waals surface area contributed by atoms with E-state index < -0.39 is 6.10 Å². The van der Waals surface area contributed by atoms with E-state index in [2.05, 4.69) is 0 Å². The molecule has 0 aliphatic carbocycles. The lowest BCUT2D eigenvalue weighted by Crippen LogP contribution is -2.22. The molecule has 0 aliphatic rings. The Morgan fingerprint density at radius 2 is 2.25 bits per heavy atom. The van der Waals surface area contributed by atoms with Crippen molar-refractivity contribution in [1.29, 1.82) is 0 Å². The fraction of sp³-hybridized carbons (Fsp3) is 0.545. The zero-order chi connectivity index (χ0) is 12.0. The Morgan fingerprint density at radius 3 is 2.81 bits per heavy atom. The lowest BCUT2D eigenvalue weighted by Gasteiger charge is -2.10. The van der Waals surface area contributed by atoms with Crippen LogP contribution in [0.3, 0.4) is 0 Å². The molecule has 5 heteroatoms. The molecular formula is C11H15ClO3S. The van der Waals surface area contributed by atoms with Crippen molar-refractivity contribution in [2.45, 2.75) is 20.0 Å². The second kappa shape index (κ2) is 7.01. The van der Waals surface area contributed by atoms with Gasteiger partial charge in [-0.25, -0.2) is 0 Å². The van der Waals surface area contributed by atoms with Gasteiger partial charge in [-0.15, -0.1) is 11.3 Å². The fourth-order valence-electron chi connectivity index (χ4n) is 1.15. The Hall–Kier alpha value is -0.420. The van der Waals surface area contributed by atoms with Gasteiger partial charge in [-0.3, -0.25) is 4.79 Å². The van der Waals surface area contributed by atoms with Gasteiger partial charge in [0.25, 0.3) is 0 Å². The summed E-state index contributed by atoms with van der Waals surface area (Å²) in [4.78, 5) is 12.4. The highest BCUT2D eigenvalue weighted by molar-refractivity contribution is 7.18. The molecule has 90 valence electrons. The van der Waals surface area contributed by atoms with Crippen LogP contribution in [-0.2, 0) is 9.47 Å². The van der Waals surface area contributed by atoms with E-state index in [0.29, 0.717) is 29.0 Å². The van der Waals surface area contributed by atoms with Gasteiger partial charge in [-0.05, 0) is 26.0 Å². The van der Waals surface area contributed by atoms with Crippen molar-refractivity contribution < 1.29 is 14.3 Å². The van der Waals surface area contributed by atoms with Crippen molar-refractivity contribution in [2.24, 2.45) is 0 Å². The lowest BCUT2D eigenvalue weighted by atomic mass is 10.2. The van der Waals surface area contributed by atoms with E-state index in [9.17, 15) is 4.79 Å². The molecule has 0 N–H and O–H groups in total. The molecule has 1 rings (SSSR count). The largest absolute Gasteiger partial charge is 0.379 e. The number of ether oxygens (including phenoxy) is 2. The molecular weight excluding hydrogens is 248 g/mol. The monoisotopic (exact) mass is 262 g/mol. The molecule has 1 aromatic rings. The second-order valence-electron chi connectivity index (χ2n) is 3.18. The summed E-state index contributed by atoms with van der Waals surface area (Å²) in [6.07, 6.45) is -0.449. The van der Waals surface area contributed by atoms with Crippen LogP contribution < -0.4 is 0 Å². The molecule has 0 fully saturated rings. The Morgan fingerprint density at radius 1 is 1.50 bits per heavy atom. The molecule has 16 heavy (non-hydrogen) atoms. The van der Waals surface area contributed by atoms with Crippen LogP contribution in [0.2, 0.25) is 4.34 Å². The van der Waals surface area contributed by atoms with E-state index in [1.54, 1.807) is 19.1 Å². The summed E-state index contributed by atoms with van der Waals surface area (Å²) in [6, 6.07) is 3.43. The molecule has 1 aromatic heterocycles. The summed E-state index contributed by atoms with van der Waals surface area (Å²) in [7, 11) is 0. The standard InChI is InChI=1S/C11H15ClO3S/c1-3-14-6-7-15-8(2)11(13)9-4-5-10(12)16-9/h4-5,8H,3,6-7H2,1-2H3. The van der Waals surface area contributed by atoms with E-state index in [4.69, 9.17) is 21.1 Å². The smallest absolute Gasteiger partial charge is 0.201 e. The summed E-state index contributed by atoms with van der Waals surface area (Å²) in [6.45, 7) is 5.26. The van der Waals surface area contributed by atoms with Crippen molar-refractivity contribution in [3.63, 3.8) is 0 Å². The maximum absolute atomic E-state index is 11.8. The van der Waals surface area contributed by atoms with E-state index in [1.165, 1.54) is 11.3 Å². The normalized spacial score (nSPS) is 12.7. The number of carbonyl (C=O) groups is 1. The Kier molecular flexibility index (Phi) is 5.98.